The largest absolute Gasteiger partial charge is 0.489 e. The van der Waals surface area contributed by atoms with Crippen molar-refractivity contribution >= 4 is 10.9 Å². The Morgan fingerprint density at radius 3 is 2.27 bits per heavy atom. The van der Waals surface area contributed by atoms with Crippen LogP contribution in [-0.4, -0.2) is 20.2 Å². The first-order valence-corrected chi connectivity index (χ1v) is 10.6. The number of para-hydroxylation sites is 1. The minimum absolute atomic E-state index is 0.329. The highest BCUT2D eigenvalue weighted by molar-refractivity contribution is 5.78. The van der Waals surface area contributed by atoms with E-state index in [-0.39, 0.29) is 0 Å². The first kappa shape index (κ1) is 20.5. The van der Waals surface area contributed by atoms with Gasteiger partial charge in [-0.3, -0.25) is 5.10 Å². The third-order valence-electron chi connectivity index (χ3n) is 4.99. The summed E-state index contributed by atoms with van der Waals surface area (Å²) >= 11 is 0. The summed E-state index contributed by atoms with van der Waals surface area (Å²) in [7, 11) is 0. The van der Waals surface area contributed by atoms with Gasteiger partial charge < -0.3 is 14.2 Å². The Morgan fingerprint density at radius 1 is 0.667 bits per heavy atom. The molecule has 0 amide bonds. The maximum atomic E-state index is 5.97. The number of benzene rings is 3. The van der Waals surface area contributed by atoms with Crippen LogP contribution < -0.4 is 14.2 Å². The summed E-state index contributed by atoms with van der Waals surface area (Å²) in [5.41, 5.74) is 2.83. The molecule has 0 aliphatic heterocycles. The molecule has 5 aromatic rings. The number of pyridine rings is 1. The third-order valence-corrected chi connectivity index (χ3v) is 4.99. The van der Waals surface area contributed by atoms with Crippen molar-refractivity contribution in [3.63, 3.8) is 0 Å². The fourth-order valence-corrected chi connectivity index (χ4v) is 3.34. The smallest absolute Gasteiger partial charge is 0.162 e. The van der Waals surface area contributed by atoms with Gasteiger partial charge in [0.2, 0.25) is 0 Å². The molecule has 0 unspecified atom stereocenters. The zero-order valence-corrected chi connectivity index (χ0v) is 17.8. The Kier molecular flexibility index (Phi) is 6.11. The average Bonchev–Trinajstić information content (AvgIpc) is 3.39. The first-order valence-electron chi connectivity index (χ1n) is 10.6. The van der Waals surface area contributed by atoms with E-state index in [0.717, 1.165) is 39.4 Å². The molecule has 0 spiro atoms. The summed E-state index contributed by atoms with van der Waals surface area (Å²) in [5, 5.41) is 7.71. The third kappa shape index (κ3) is 5.46. The van der Waals surface area contributed by atoms with E-state index >= 15 is 0 Å². The summed E-state index contributed by atoms with van der Waals surface area (Å²) in [6, 6.07) is 27.5. The van der Waals surface area contributed by atoms with Gasteiger partial charge in [0.15, 0.2) is 5.82 Å². The molecule has 7 nitrogen and oxygen atoms in total. The van der Waals surface area contributed by atoms with Gasteiger partial charge in [0.05, 0.1) is 11.2 Å². The van der Waals surface area contributed by atoms with E-state index in [9.17, 15) is 0 Å². The molecule has 0 saturated heterocycles. The number of H-pyrrole nitrogens is 1. The second-order valence-electron chi connectivity index (χ2n) is 7.42. The maximum Gasteiger partial charge on any atom is 0.162 e. The van der Waals surface area contributed by atoms with E-state index in [1.54, 1.807) is 0 Å². The predicted octanol–water partition coefficient (Wildman–Crippen LogP) is 5.09. The van der Waals surface area contributed by atoms with Gasteiger partial charge in [-0.1, -0.05) is 42.5 Å². The number of nitrogens with zero attached hydrogens (tertiary/aromatic N) is 3. The Bertz CT molecular complexity index is 1340. The zero-order valence-electron chi connectivity index (χ0n) is 17.8. The summed E-state index contributed by atoms with van der Waals surface area (Å²) in [6.07, 6.45) is 1.46. The molecule has 2 heterocycles. The van der Waals surface area contributed by atoms with Crippen molar-refractivity contribution < 1.29 is 14.2 Å². The lowest BCUT2D eigenvalue weighted by Crippen LogP contribution is -2.00. The van der Waals surface area contributed by atoms with Crippen molar-refractivity contribution in [2.24, 2.45) is 0 Å². The minimum Gasteiger partial charge on any atom is -0.489 e. The molecule has 33 heavy (non-hydrogen) atoms. The van der Waals surface area contributed by atoms with Crippen LogP contribution in [0.5, 0.6) is 17.2 Å². The number of fused-ring (bicyclic) bond motifs is 1. The maximum absolute atomic E-state index is 5.97. The summed E-state index contributed by atoms with van der Waals surface area (Å²) in [4.78, 5) is 8.70. The topological polar surface area (TPSA) is 82.2 Å². The molecule has 0 aliphatic rings. The van der Waals surface area contributed by atoms with E-state index in [1.807, 2.05) is 78.9 Å². The molecule has 0 radical (unpaired) electrons. The van der Waals surface area contributed by atoms with Gasteiger partial charge in [-0.2, -0.15) is 5.10 Å². The monoisotopic (exact) mass is 438 g/mol. The van der Waals surface area contributed by atoms with Crippen LogP contribution in [0.15, 0.2) is 91.3 Å². The number of hydrogen-bond donors (Lipinski definition) is 1. The quantitative estimate of drug-likeness (QED) is 0.345. The van der Waals surface area contributed by atoms with Crippen molar-refractivity contribution in [2.75, 3.05) is 0 Å². The van der Waals surface area contributed by atoms with Crippen molar-refractivity contribution in [2.45, 2.75) is 19.8 Å². The number of aromatic amines is 1. The van der Waals surface area contributed by atoms with Gasteiger partial charge in [-0.25, -0.2) is 9.97 Å². The normalized spacial score (nSPS) is 10.8. The number of rotatable bonds is 9. The summed E-state index contributed by atoms with van der Waals surface area (Å²) in [6.45, 7) is 1.13. The number of nitrogens with one attached hydrogen (secondary N) is 1. The minimum atomic E-state index is 0.329. The van der Waals surface area contributed by atoms with E-state index in [1.165, 1.54) is 6.33 Å². The second kappa shape index (κ2) is 9.82. The molecule has 0 aliphatic carbocycles. The standard InChI is InChI=1S/C26H22N4O3/c1-2-10-25-20(6-1)11-12-21(29-25)16-32-24-9-4-8-23(14-24)31-15-19-5-3-7-22(13-19)33-17-26-27-18-28-30-26/h1-14,18H,15-17H2,(H,27,28,30). The Balaban J connectivity index is 1.17. The number of aromatic nitrogens is 4. The molecule has 0 bridgehead atoms. The average molecular weight is 438 g/mol. The van der Waals surface area contributed by atoms with Crippen LogP contribution in [0.1, 0.15) is 17.1 Å². The van der Waals surface area contributed by atoms with Gasteiger partial charge in [0, 0.05) is 11.5 Å². The van der Waals surface area contributed by atoms with Crippen LogP contribution in [0, 0.1) is 0 Å². The molecule has 3 aromatic carbocycles. The van der Waals surface area contributed by atoms with Gasteiger partial charge in [0.25, 0.3) is 0 Å². The van der Waals surface area contributed by atoms with Crippen molar-refractivity contribution in [1.29, 1.82) is 0 Å². The van der Waals surface area contributed by atoms with Crippen LogP contribution in [-0.2, 0) is 19.8 Å². The van der Waals surface area contributed by atoms with E-state index in [2.05, 4.69) is 26.2 Å². The Labute approximate surface area is 191 Å². The van der Waals surface area contributed by atoms with Crippen molar-refractivity contribution in [3.05, 3.63) is 108 Å². The highest BCUT2D eigenvalue weighted by Crippen LogP contribution is 2.23. The van der Waals surface area contributed by atoms with Crippen LogP contribution in [0.4, 0.5) is 0 Å². The lowest BCUT2D eigenvalue weighted by atomic mass is 10.2. The number of hydrogen-bond acceptors (Lipinski definition) is 6. The molecular formula is C26H22N4O3. The summed E-state index contributed by atoms with van der Waals surface area (Å²) in [5.74, 6) is 2.87. The van der Waals surface area contributed by atoms with Gasteiger partial charge in [0.1, 0.15) is 43.4 Å². The predicted molar refractivity (Wildman–Crippen MR) is 124 cm³/mol. The molecule has 7 heteroatoms. The van der Waals surface area contributed by atoms with Crippen molar-refractivity contribution in [1.82, 2.24) is 20.2 Å². The number of ether oxygens (including phenoxy) is 3. The molecule has 5 rings (SSSR count). The molecule has 0 saturated carbocycles. The van der Waals surface area contributed by atoms with Crippen molar-refractivity contribution in [3.8, 4) is 17.2 Å². The highest BCUT2D eigenvalue weighted by Gasteiger charge is 2.04. The SMILES string of the molecule is c1cc(OCc2cccc(OCc3ncn[nH]3)c2)cc(OCc2ccc3ccccc3n2)c1. The van der Waals surface area contributed by atoms with E-state index in [0.29, 0.717) is 25.6 Å². The van der Waals surface area contributed by atoms with E-state index < -0.39 is 0 Å². The van der Waals surface area contributed by atoms with Crippen LogP contribution in [0.25, 0.3) is 10.9 Å². The summed E-state index contributed by atoms with van der Waals surface area (Å²) < 4.78 is 17.7. The van der Waals surface area contributed by atoms with E-state index in [4.69, 9.17) is 14.2 Å². The van der Waals surface area contributed by atoms with Crippen LogP contribution >= 0.6 is 0 Å². The molecule has 0 fully saturated rings. The fraction of sp³-hybridized carbons (Fsp3) is 0.115. The molecule has 0 atom stereocenters. The van der Waals surface area contributed by atoms with Gasteiger partial charge >= 0.3 is 0 Å². The molecular weight excluding hydrogens is 416 g/mol. The zero-order chi connectivity index (χ0) is 22.3. The Morgan fingerprint density at radius 2 is 1.42 bits per heavy atom. The lowest BCUT2D eigenvalue weighted by molar-refractivity contribution is 0.284. The fourth-order valence-electron chi connectivity index (χ4n) is 3.34. The van der Waals surface area contributed by atoms with Crippen LogP contribution in [0.3, 0.4) is 0 Å². The lowest BCUT2D eigenvalue weighted by Gasteiger charge is -2.11. The first-order chi connectivity index (χ1) is 16.3. The Hall–Kier alpha value is -4.39. The van der Waals surface area contributed by atoms with Gasteiger partial charge in [-0.15, -0.1) is 0 Å². The molecule has 164 valence electrons. The van der Waals surface area contributed by atoms with Crippen LogP contribution in [0.2, 0.25) is 0 Å². The molecule has 2 aromatic heterocycles. The second-order valence-corrected chi connectivity index (χ2v) is 7.42. The molecule has 1 N–H and O–H groups in total. The van der Waals surface area contributed by atoms with Gasteiger partial charge in [-0.05, 0) is 42.0 Å². The highest BCUT2D eigenvalue weighted by atomic mass is 16.5.